The number of aryl methyl sites for hydroxylation is 1. The third kappa shape index (κ3) is 2.37. The second-order valence-corrected chi connectivity index (χ2v) is 5.94. The molecule has 2 rings (SSSR count). The number of hydrogen-bond acceptors (Lipinski definition) is 3. The molecule has 1 heterocycles. The highest BCUT2D eigenvalue weighted by atomic mass is 19.1. The van der Waals surface area contributed by atoms with Gasteiger partial charge >= 0.3 is 7.12 Å². The summed E-state index contributed by atoms with van der Waals surface area (Å²) in [5.74, 6) is -0.332. The van der Waals surface area contributed by atoms with E-state index in [1.165, 1.54) is 12.1 Å². The molecule has 104 valence electrons. The van der Waals surface area contributed by atoms with Crippen LogP contribution < -0.4 is 5.46 Å². The molecule has 0 bridgehead atoms. The van der Waals surface area contributed by atoms with Gasteiger partial charge in [0, 0.05) is 5.46 Å². The Kier molecular flexibility index (Phi) is 3.39. The molecular weight excluding hydrogens is 246 g/mol. The van der Waals surface area contributed by atoms with Crippen molar-refractivity contribution < 1.29 is 18.8 Å². The number of rotatable bonds is 2. The average Bonchev–Trinajstić information content (AvgIpc) is 2.50. The monoisotopic (exact) mass is 266 g/mol. The Labute approximate surface area is 113 Å². The summed E-state index contributed by atoms with van der Waals surface area (Å²) >= 11 is 0. The maximum atomic E-state index is 13.6. The first kappa shape index (κ1) is 14.3. The van der Waals surface area contributed by atoms with Crippen molar-refractivity contribution in [2.45, 2.75) is 52.2 Å². The van der Waals surface area contributed by atoms with Crippen molar-refractivity contribution in [3.05, 3.63) is 23.5 Å². The van der Waals surface area contributed by atoms with E-state index in [4.69, 9.17) is 9.31 Å². The standard InChI is InChI=1S/C14H20BFO3/c1-6-9-7-10(16)8-11(12(9)17)15-18-13(2,3)14(4,5)19-15/h7-8,17H,6H2,1-5H3. The smallest absolute Gasteiger partial charge is 0.498 e. The molecular formula is C14H20BFO3. The largest absolute Gasteiger partial charge is 0.508 e. The molecule has 1 aromatic rings. The van der Waals surface area contributed by atoms with Gasteiger partial charge in [0.1, 0.15) is 11.6 Å². The normalized spacial score (nSPS) is 20.8. The molecule has 0 atom stereocenters. The Hall–Kier alpha value is -1.07. The van der Waals surface area contributed by atoms with Crippen LogP contribution in [0, 0.1) is 5.82 Å². The molecule has 1 aromatic carbocycles. The molecule has 1 fully saturated rings. The molecule has 1 N–H and O–H groups in total. The van der Waals surface area contributed by atoms with Crippen LogP contribution in [0.5, 0.6) is 5.75 Å². The van der Waals surface area contributed by atoms with Crippen LogP contribution in [-0.2, 0) is 15.7 Å². The minimum Gasteiger partial charge on any atom is -0.508 e. The van der Waals surface area contributed by atoms with E-state index in [0.717, 1.165) is 0 Å². The first-order valence-corrected chi connectivity index (χ1v) is 6.55. The van der Waals surface area contributed by atoms with Crippen LogP contribution in [-0.4, -0.2) is 23.4 Å². The van der Waals surface area contributed by atoms with Crippen molar-refractivity contribution in [2.75, 3.05) is 0 Å². The molecule has 0 radical (unpaired) electrons. The summed E-state index contributed by atoms with van der Waals surface area (Å²) in [4.78, 5) is 0. The van der Waals surface area contributed by atoms with Gasteiger partial charge in [-0.15, -0.1) is 0 Å². The average molecular weight is 266 g/mol. The predicted octanol–water partition coefficient (Wildman–Crippen LogP) is 2.39. The van der Waals surface area contributed by atoms with E-state index < -0.39 is 18.3 Å². The lowest BCUT2D eigenvalue weighted by Gasteiger charge is -2.32. The summed E-state index contributed by atoms with van der Waals surface area (Å²) in [5, 5.41) is 10.2. The van der Waals surface area contributed by atoms with Gasteiger partial charge in [0.25, 0.3) is 0 Å². The molecule has 0 aliphatic carbocycles. The van der Waals surface area contributed by atoms with E-state index in [1.807, 2.05) is 34.6 Å². The Bertz CT molecular complexity index is 484. The van der Waals surface area contributed by atoms with Gasteiger partial charge in [-0.2, -0.15) is 0 Å². The summed E-state index contributed by atoms with van der Waals surface area (Å²) in [6.45, 7) is 9.55. The van der Waals surface area contributed by atoms with Crippen molar-refractivity contribution in [3.8, 4) is 5.75 Å². The Morgan fingerprint density at radius 3 is 2.16 bits per heavy atom. The van der Waals surface area contributed by atoms with Crippen molar-refractivity contribution in [2.24, 2.45) is 0 Å². The molecule has 1 aliphatic heterocycles. The first-order chi connectivity index (χ1) is 8.68. The van der Waals surface area contributed by atoms with Crippen molar-refractivity contribution >= 4 is 12.6 Å². The van der Waals surface area contributed by atoms with Crippen LogP contribution in [0.2, 0.25) is 0 Å². The number of phenols is 1. The third-order valence-corrected chi connectivity index (χ3v) is 4.07. The van der Waals surface area contributed by atoms with Crippen molar-refractivity contribution in [3.63, 3.8) is 0 Å². The fourth-order valence-corrected chi connectivity index (χ4v) is 2.10. The Morgan fingerprint density at radius 2 is 1.68 bits per heavy atom. The van der Waals surface area contributed by atoms with E-state index in [0.29, 0.717) is 17.4 Å². The minimum atomic E-state index is -0.744. The van der Waals surface area contributed by atoms with E-state index in [-0.39, 0.29) is 11.6 Å². The second-order valence-electron chi connectivity index (χ2n) is 5.94. The summed E-state index contributed by atoms with van der Waals surface area (Å²) in [7, 11) is -0.744. The van der Waals surface area contributed by atoms with Crippen LogP contribution in [0.3, 0.4) is 0 Å². The zero-order valence-electron chi connectivity index (χ0n) is 12.1. The quantitative estimate of drug-likeness (QED) is 0.835. The summed E-state index contributed by atoms with van der Waals surface area (Å²) in [6.07, 6.45) is 0.552. The van der Waals surface area contributed by atoms with Gasteiger partial charge in [-0.1, -0.05) is 6.92 Å². The SMILES string of the molecule is CCc1cc(F)cc(B2OC(C)(C)C(C)(C)O2)c1O. The Balaban J connectivity index is 2.42. The van der Waals surface area contributed by atoms with E-state index in [1.54, 1.807) is 0 Å². The number of aromatic hydroxyl groups is 1. The zero-order valence-corrected chi connectivity index (χ0v) is 12.1. The third-order valence-electron chi connectivity index (χ3n) is 4.07. The topological polar surface area (TPSA) is 38.7 Å². The summed E-state index contributed by atoms with van der Waals surface area (Å²) < 4.78 is 25.3. The molecule has 0 saturated carbocycles. The van der Waals surface area contributed by atoms with Crippen molar-refractivity contribution in [1.82, 2.24) is 0 Å². The molecule has 1 saturated heterocycles. The van der Waals surface area contributed by atoms with Gasteiger partial charge in [-0.05, 0) is 51.8 Å². The van der Waals surface area contributed by atoms with Gasteiger partial charge < -0.3 is 14.4 Å². The molecule has 5 heteroatoms. The van der Waals surface area contributed by atoms with Gasteiger partial charge in [0.2, 0.25) is 0 Å². The molecule has 0 spiro atoms. The molecule has 1 aliphatic rings. The second kappa shape index (κ2) is 4.49. The maximum absolute atomic E-state index is 13.6. The number of benzene rings is 1. The van der Waals surface area contributed by atoms with Gasteiger partial charge in [0.15, 0.2) is 0 Å². The molecule has 0 aromatic heterocycles. The predicted molar refractivity (Wildman–Crippen MR) is 73.2 cm³/mol. The van der Waals surface area contributed by atoms with Gasteiger partial charge in [-0.25, -0.2) is 4.39 Å². The molecule has 19 heavy (non-hydrogen) atoms. The molecule has 3 nitrogen and oxygen atoms in total. The van der Waals surface area contributed by atoms with Crippen molar-refractivity contribution in [1.29, 1.82) is 0 Å². The highest BCUT2D eigenvalue weighted by Gasteiger charge is 2.52. The highest BCUT2D eigenvalue weighted by Crippen LogP contribution is 2.37. The maximum Gasteiger partial charge on any atom is 0.498 e. The van der Waals surface area contributed by atoms with E-state index in [2.05, 4.69) is 0 Å². The number of phenolic OH excluding ortho intramolecular Hbond substituents is 1. The summed E-state index contributed by atoms with van der Waals surface area (Å²) in [5.41, 5.74) is -0.105. The molecule has 0 amide bonds. The van der Waals surface area contributed by atoms with Gasteiger partial charge in [-0.3, -0.25) is 0 Å². The lowest BCUT2D eigenvalue weighted by atomic mass is 9.77. The molecule has 0 unspecified atom stereocenters. The fourth-order valence-electron chi connectivity index (χ4n) is 2.10. The zero-order chi connectivity index (χ0) is 14.4. The number of halogens is 1. The lowest BCUT2D eigenvalue weighted by molar-refractivity contribution is 0.00578. The highest BCUT2D eigenvalue weighted by molar-refractivity contribution is 6.63. The van der Waals surface area contributed by atoms with Crippen LogP contribution in [0.25, 0.3) is 0 Å². The minimum absolute atomic E-state index is 0.0578. The van der Waals surface area contributed by atoms with Gasteiger partial charge in [0.05, 0.1) is 11.2 Å². The van der Waals surface area contributed by atoms with E-state index >= 15 is 0 Å². The van der Waals surface area contributed by atoms with Crippen LogP contribution >= 0.6 is 0 Å². The fraction of sp³-hybridized carbons (Fsp3) is 0.571. The summed E-state index contributed by atoms with van der Waals surface area (Å²) in [6, 6.07) is 2.61. The lowest BCUT2D eigenvalue weighted by Crippen LogP contribution is -2.41. The Morgan fingerprint density at radius 1 is 1.16 bits per heavy atom. The first-order valence-electron chi connectivity index (χ1n) is 6.55. The van der Waals surface area contributed by atoms with E-state index in [9.17, 15) is 9.50 Å². The van der Waals surface area contributed by atoms with Crippen LogP contribution in [0.4, 0.5) is 4.39 Å². The number of hydrogen-bond donors (Lipinski definition) is 1. The van der Waals surface area contributed by atoms with Crippen LogP contribution in [0.15, 0.2) is 12.1 Å². The van der Waals surface area contributed by atoms with Crippen LogP contribution in [0.1, 0.15) is 40.2 Å².